The van der Waals surface area contributed by atoms with E-state index in [9.17, 15) is 0 Å². The van der Waals surface area contributed by atoms with Crippen LogP contribution in [0.1, 0.15) is 44.9 Å². The van der Waals surface area contributed by atoms with Gasteiger partial charge in [-0.15, -0.1) is 0 Å². The number of hydrogen-bond acceptors (Lipinski definition) is 4. The van der Waals surface area contributed by atoms with Crippen molar-refractivity contribution in [2.75, 3.05) is 13.1 Å². The molecule has 0 radical (unpaired) electrons. The molecule has 0 aromatic heterocycles. The number of ether oxygens (including phenoxy) is 1. The molecule has 2 aliphatic rings. The average molecular weight is 287 g/mol. The molecular weight excluding hydrogens is 262 g/mol. The number of hydrogen-bond donors (Lipinski definition) is 1. The van der Waals surface area contributed by atoms with E-state index in [1.165, 1.54) is 11.1 Å². The summed E-state index contributed by atoms with van der Waals surface area (Å²) >= 11 is 0. The van der Waals surface area contributed by atoms with Gasteiger partial charge in [0.25, 0.3) is 0 Å². The Bertz CT molecular complexity index is 577. The first-order valence-electron chi connectivity index (χ1n) is 7.75. The van der Waals surface area contributed by atoms with Gasteiger partial charge in [0.1, 0.15) is 11.4 Å². The van der Waals surface area contributed by atoms with Crippen LogP contribution < -0.4 is 10.5 Å². The van der Waals surface area contributed by atoms with Crippen LogP contribution in [0.15, 0.2) is 23.2 Å². The molecule has 1 aromatic rings. The largest absolute Gasteiger partial charge is 0.487 e. The van der Waals surface area contributed by atoms with Crippen molar-refractivity contribution in [2.45, 2.75) is 45.8 Å². The maximum absolute atomic E-state index is 6.21. The van der Waals surface area contributed by atoms with E-state index >= 15 is 0 Å². The standard InChI is InChI=1S/C17H25N3O/c1-11(2)10-20-14(9-19-16(20)18)13-7-5-6-12-8-17(3,4)21-15(12)13/h5-7,11,14H,8-10H2,1-4H3,(H2,18,19). The van der Waals surface area contributed by atoms with Gasteiger partial charge in [0.15, 0.2) is 5.96 Å². The van der Waals surface area contributed by atoms with Crippen LogP contribution in [0.2, 0.25) is 0 Å². The highest BCUT2D eigenvalue weighted by Gasteiger charge is 2.36. The minimum absolute atomic E-state index is 0.119. The Morgan fingerprint density at radius 2 is 2.19 bits per heavy atom. The number of fused-ring (bicyclic) bond motifs is 1. The van der Waals surface area contributed by atoms with Gasteiger partial charge >= 0.3 is 0 Å². The van der Waals surface area contributed by atoms with Crippen LogP contribution in [-0.2, 0) is 6.42 Å². The molecule has 2 heterocycles. The third kappa shape index (κ3) is 2.59. The molecule has 0 fully saturated rings. The van der Waals surface area contributed by atoms with Crippen molar-refractivity contribution in [3.8, 4) is 5.75 Å². The van der Waals surface area contributed by atoms with E-state index in [1.54, 1.807) is 0 Å². The first-order chi connectivity index (χ1) is 9.87. The normalized spacial score (nSPS) is 23.2. The SMILES string of the molecule is CC(C)CN1C(N)=NCC1c1cccc2c1OC(C)(C)C2. The molecule has 2 aliphatic heterocycles. The van der Waals surface area contributed by atoms with Crippen LogP contribution in [0, 0.1) is 5.92 Å². The summed E-state index contributed by atoms with van der Waals surface area (Å²) in [4.78, 5) is 6.67. The van der Waals surface area contributed by atoms with E-state index in [0.29, 0.717) is 11.9 Å². The minimum atomic E-state index is -0.119. The summed E-state index contributed by atoms with van der Waals surface area (Å²) in [5.41, 5.74) is 8.49. The van der Waals surface area contributed by atoms with Crippen molar-refractivity contribution >= 4 is 5.96 Å². The second kappa shape index (κ2) is 4.93. The number of guanidine groups is 1. The van der Waals surface area contributed by atoms with Gasteiger partial charge in [-0.25, -0.2) is 0 Å². The van der Waals surface area contributed by atoms with Crippen LogP contribution in [0.3, 0.4) is 0 Å². The summed E-state index contributed by atoms with van der Waals surface area (Å²) in [6.07, 6.45) is 0.962. The van der Waals surface area contributed by atoms with Crippen molar-refractivity contribution in [1.82, 2.24) is 4.90 Å². The van der Waals surface area contributed by atoms with Crippen molar-refractivity contribution in [3.05, 3.63) is 29.3 Å². The molecule has 0 saturated heterocycles. The fourth-order valence-corrected chi connectivity index (χ4v) is 3.31. The summed E-state index contributed by atoms with van der Waals surface area (Å²) in [6, 6.07) is 6.66. The Morgan fingerprint density at radius 3 is 2.90 bits per heavy atom. The maximum atomic E-state index is 6.21. The highest BCUT2D eigenvalue weighted by atomic mass is 16.5. The number of para-hydroxylation sites is 1. The molecule has 2 N–H and O–H groups in total. The van der Waals surface area contributed by atoms with E-state index in [4.69, 9.17) is 10.5 Å². The van der Waals surface area contributed by atoms with Gasteiger partial charge in [-0.2, -0.15) is 0 Å². The Labute approximate surface area is 127 Å². The highest BCUT2D eigenvalue weighted by Crippen LogP contribution is 2.42. The number of rotatable bonds is 3. The monoisotopic (exact) mass is 287 g/mol. The first kappa shape index (κ1) is 14.2. The van der Waals surface area contributed by atoms with Crippen LogP contribution in [0.5, 0.6) is 5.75 Å². The van der Waals surface area contributed by atoms with Gasteiger partial charge in [0.2, 0.25) is 0 Å². The zero-order valence-electron chi connectivity index (χ0n) is 13.4. The fourth-order valence-electron chi connectivity index (χ4n) is 3.31. The van der Waals surface area contributed by atoms with Crippen molar-refractivity contribution < 1.29 is 4.74 Å². The van der Waals surface area contributed by atoms with E-state index in [1.807, 2.05) is 0 Å². The van der Waals surface area contributed by atoms with Gasteiger partial charge in [-0.05, 0) is 25.3 Å². The zero-order chi connectivity index (χ0) is 15.2. The van der Waals surface area contributed by atoms with Crippen LogP contribution >= 0.6 is 0 Å². The second-order valence-corrected chi connectivity index (χ2v) is 7.13. The molecule has 1 unspecified atom stereocenters. The topological polar surface area (TPSA) is 50.8 Å². The Morgan fingerprint density at radius 1 is 1.43 bits per heavy atom. The number of aliphatic imine (C=N–C) groups is 1. The molecule has 114 valence electrons. The van der Waals surface area contributed by atoms with Crippen LogP contribution in [0.25, 0.3) is 0 Å². The third-order valence-electron chi connectivity index (χ3n) is 4.14. The smallest absolute Gasteiger partial charge is 0.191 e. The molecule has 0 bridgehead atoms. The predicted octanol–water partition coefficient (Wildman–Crippen LogP) is 2.73. The summed E-state index contributed by atoms with van der Waals surface area (Å²) in [6.45, 7) is 10.3. The molecular formula is C17H25N3O. The summed E-state index contributed by atoms with van der Waals surface area (Å²) in [7, 11) is 0. The molecule has 3 rings (SSSR count). The lowest BCUT2D eigenvalue weighted by Gasteiger charge is -2.29. The molecule has 0 spiro atoms. The molecule has 1 atom stereocenters. The molecule has 4 nitrogen and oxygen atoms in total. The predicted molar refractivity (Wildman–Crippen MR) is 85.6 cm³/mol. The van der Waals surface area contributed by atoms with Gasteiger partial charge in [0.05, 0.1) is 12.6 Å². The molecule has 1 aromatic carbocycles. The Kier molecular flexibility index (Phi) is 3.34. The quantitative estimate of drug-likeness (QED) is 0.930. The third-order valence-corrected chi connectivity index (χ3v) is 4.14. The summed E-state index contributed by atoms with van der Waals surface area (Å²) in [5, 5.41) is 0. The lowest BCUT2D eigenvalue weighted by Crippen LogP contribution is -2.38. The van der Waals surface area contributed by atoms with E-state index < -0.39 is 0 Å². The first-order valence-corrected chi connectivity index (χ1v) is 7.75. The second-order valence-electron chi connectivity index (χ2n) is 7.13. The van der Waals surface area contributed by atoms with Gasteiger partial charge in [-0.3, -0.25) is 4.99 Å². The van der Waals surface area contributed by atoms with Gasteiger partial charge in [-0.1, -0.05) is 32.0 Å². The fraction of sp³-hybridized carbons (Fsp3) is 0.588. The van der Waals surface area contributed by atoms with Crippen molar-refractivity contribution in [1.29, 1.82) is 0 Å². The van der Waals surface area contributed by atoms with E-state index in [2.05, 4.69) is 55.8 Å². The van der Waals surface area contributed by atoms with E-state index in [0.717, 1.165) is 25.3 Å². The minimum Gasteiger partial charge on any atom is -0.487 e. The number of benzene rings is 1. The number of nitrogens with zero attached hydrogens (tertiary/aromatic N) is 2. The molecule has 0 amide bonds. The summed E-state index contributed by atoms with van der Waals surface area (Å²) < 4.78 is 6.21. The number of nitrogens with two attached hydrogens (primary N) is 1. The lowest BCUT2D eigenvalue weighted by atomic mass is 9.97. The Balaban J connectivity index is 1.94. The van der Waals surface area contributed by atoms with E-state index in [-0.39, 0.29) is 11.6 Å². The highest BCUT2D eigenvalue weighted by molar-refractivity contribution is 5.80. The van der Waals surface area contributed by atoms with Crippen LogP contribution in [0.4, 0.5) is 0 Å². The molecule has 4 heteroatoms. The molecule has 0 aliphatic carbocycles. The van der Waals surface area contributed by atoms with Crippen molar-refractivity contribution in [3.63, 3.8) is 0 Å². The van der Waals surface area contributed by atoms with Gasteiger partial charge in [0, 0.05) is 18.5 Å². The Hall–Kier alpha value is -1.71. The summed E-state index contributed by atoms with van der Waals surface area (Å²) in [5.74, 6) is 2.25. The average Bonchev–Trinajstić information content (AvgIpc) is 2.88. The lowest BCUT2D eigenvalue weighted by molar-refractivity contribution is 0.135. The molecule has 0 saturated carbocycles. The van der Waals surface area contributed by atoms with Gasteiger partial charge < -0.3 is 15.4 Å². The van der Waals surface area contributed by atoms with Crippen LogP contribution in [-0.4, -0.2) is 29.6 Å². The van der Waals surface area contributed by atoms with Crippen molar-refractivity contribution in [2.24, 2.45) is 16.6 Å². The maximum Gasteiger partial charge on any atom is 0.191 e. The molecule has 21 heavy (non-hydrogen) atoms. The zero-order valence-corrected chi connectivity index (χ0v) is 13.4.